The number of carbonyl (C=O) groups excluding carboxylic acids is 1. The Bertz CT molecular complexity index is 1280. The van der Waals surface area contributed by atoms with Crippen molar-refractivity contribution in [3.63, 3.8) is 0 Å². The first-order chi connectivity index (χ1) is 20.9. The van der Waals surface area contributed by atoms with Gasteiger partial charge in [0.2, 0.25) is 0 Å². The van der Waals surface area contributed by atoms with Crippen LogP contribution in [0.4, 0.5) is 5.82 Å². The Hall–Kier alpha value is -2.77. The molecule has 2 aromatic heterocycles. The summed E-state index contributed by atoms with van der Waals surface area (Å²) in [4.78, 5) is 21.7. The van der Waals surface area contributed by atoms with Gasteiger partial charge in [-0.3, -0.25) is 4.98 Å². The first kappa shape index (κ1) is 34.1. The van der Waals surface area contributed by atoms with Crippen LogP contribution in [-0.4, -0.2) is 66.1 Å². The molecule has 0 aromatic carbocycles. The van der Waals surface area contributed by atoms with Gasteiger partial charge in [0.1, 0.15) is 11.4 Å². The number of nitriles is 1. The summed E-state index contributed by atoms with van der Waals surface area (Å²) in [6.45, 7) is 11.6. The first-order valence-corrected chi connectivity index (χ1v) is 16.3. The summed E-state index contributed by atoms with van der Waals surface area (Å²) in [5, 5.41) is 17.4. The molecule has 9 nitrogen and oxygen atoms in total. The van der Waals surface area contributed by atoms with Gasteiger partial charge in [0.25, 0.3) is 0 Å². The number of hydrogen-bond donors (Lipinski definition) is 2. The lowest BCUT2D eigenvalue weighted by atomic mass is 9.82. The lowest BCUT2D eigenvalue weighted by Crippen LogP contribution is -2.42. The Morgan fingerprint density at radius 3 is 2.61 bits per heavy atom. The summed E-state index contributed by atoms with van der Waals surface area (Å²) < 4.78 is 16.6. The minimum absolute atomic E-state index is 0.141. The highest BCUT2D eigenvalue weighted by Crippen LogP contribution is 2.33. The number of anilines is 1. The third-order valence-corrected chi connectivity index (χ3v) is 8.73. The number of rotatable bonds is 12. The molecule has 2 N–H and O–H groups in total. The van der Waals surface area contributed by atoms with Crippen molar-refractivity contribution in [1.29, 1.82) is 5.26 Å². The molecular weight excluding hydrogens is 578 g/mol. The maximum absolute atomic E-state index is 12.2. The number of pyridine rings is 2. The third-order valence-electron chi connectivity index (χ3n) is 8.43. The second kappa shape index (κ2) is 15.5. The van der Waals surface area contributed by atoms with E-state index in [1.807, 2.05) is 39.0 Å². The van der Waals surface area contributed by atoms with Gasteiger partial charge < -0.3 is 24.8 Å². The van der Waals surface area contributed by atoms with E-state index < -0.39 is 17.1 Å². The van der Waals surface area contributed by atoms with Crippen LogP contribution in [0.5, 0.6) is 0 Å². The molecule has 10 heteroatoms. The number of hydrogen-bond acceptors (Lipinski definition) is 9. The maximum Gasteiger partial charge on any atom is 0.335 e. The van der Waals surface area contributed by atoms with Gasteiger partial charge in [-0.2, -0.15) is 5.26 Å². The lowest BCUT2D eigenvalue weighted by molar-refractivity contribution is -0.167. The number of carbonyl (C=O) groups is 1. The third kappa shape index (κ3) is 10.1. The molecule has 2 atom stereocenters. The molecule has 0 spiro atoms. The molecule has 3 heterocycles. The average molecular weight is 626 g/mol. The minimum atomic E-state index is -0.590. The summed E-state index contributed by atoms with van der Waals surface area (Å²) in [5.74, 6) is 0.946. The van der Waals surface area contributed by atoms with Gasteiger partial charge in [-0.05, 0) is 104 Å². The van der Waals surface area contributed by atoms with Crippen molar-refractivity contribution in [1.82, 2.24) is 15.3 Å². The van der Waals surface area contributed by atoms with Crippen molar-refractivity contribution in [2.75, 3.05) is 31.7 Å². The van der Waals surface area contributed by atoms with Crippen LogP contribution < -0.4 is 10.6 Å². The van der Waals surface area contributed by atoms with Gasteiger partial charge in [0.05, 0.1) is 28.8 Å². The minimum Gasteiger partial charge on any atom is -0.458 e. The fraction of sp³-hybridized carbons (Fsp3) is 0.647. The molecule has 240 valence electrons. The number of nitrogens with zero attached hydrogens (tertiary/aromatic N) is 3. The second-order valence-corrected chi connectivity index (χ2v) is 13.8. The molecule has 0 unspecified atom stereocenters. The monoisotopic (exact) mass is 625 g/mol. The molecule has 1 saturated heterocycles. The number of aromatic nitrogens is 2. The van der Waals surface area contributed by atoms with Crippen LogP contribution in [0.3, 0.4) is 0 Å². The molecule has 1 saturated carbocycles. The molecule has 44 heavy (non-hydrogen) atoms. The van der Waals surface area contributed by atoms with E-state index in [1.54, 1.807) is 13.1 Å². The second-order valence-electron chi connectivity index (χ2n) is 13.4. The van der Waals surface area contributed by atoms with E-state index in [4.69, 9.17) is 30.8 Å². The Balaban J connectivity index is 1.26. The van der Waals surface area contributed by atoms with Crippen LogP contribution in [-0.2, 0) is 25.4 Å². The Morgan fingerprint density at radius 2 is 1.93 bits per heavy atom. The van der Waals surface area contributed by atoms with Crippen molar-refractivity contribution < 1.29 is 19.0 Å². The normalized spacial score (nSPS) is 21.6. The van der Waals surface area contributed by atoms with Crippen molar-refractivity contribution in [3.05, 3.63) is 41.2 Å². The highest BCUT2D eigenvalue weighted by Gasteiger charge is 2.32. The SMILES string of the molecule is C[C@@H](CO[C@H](C)C(=O)OC(C)(C)C)NC1CCC(Cc2cc(-c3cccc(NCC4(C#N)CCOCC4)n3)c(Cl)cn2)CC1. The molecular formula is C34H48ClN5O4. The number of ether oxygens (including phenoxy) is 3. The van der Waals surface area contributed by atoms with Crippen LogP contribution in [0, 0.1) is 22.7 Å². The summed E-state index contributed by atoms with van der Waals surface area (Å²) in [5.41, 5.74) is 1.72. The standard InChI is InChI=1S/C34H48ClN5O4/c1-23(20-43-24(2)32(41)44-33(3,4)5)39-26-11-9-25(10-12-26)17-27-18-28(29(35)19-37-27)30-7-6-8-31(40-30)38-22-34(21-36)13-15-42-16-14-34/h6-8,18-19,23-26,39H,9-17,20,22H2,1-5H3,(H,38,40)/t23-,24+,25?,26?/m0/s1. The lowest BCUT2D eigenvalue weighted by Gasteiger charge is -2.31. The maximum atomic E-state index is 12.2. The Labute approximate surface area is 267 Å². The van der Waals surface area contributed by atoms with Crippen LogP contribution >= 0.6 is 11.6 Å². The number of nitrogens with one attached hydrogen (secondary N) is 2. The predicted molar refractivity (Wildman–Crippen MR) is 172 cm³/mol. The fourth-order valence-corrected chi connectivity index (χ4v) is 6.04. The summed E-state index contributed by atoms with van der Waals surface area (Å²) in [7, 11) is 0. The zero-order valence-electron chi connectivity index (χ0n) is 26.8. The largest absolute Gasteiger partial charge is 0.458 e. The molecule has 2 fully saturated rings. The number of halogens is 1. The van der Waals surface area contributed by atoms with Crippen LogP contribution in [0.15, 0.2) is 30.5 Å². The van der Waals surface area contributed by atoms with Crippen molar-refractivity contribution in [2.24, 2.45) is 11.3 Å². The van der Waals surface area contributed by atoms with E-state index in [1.165, 1.54) is 0 Å². The fourth-order valence-electron chi connectivity index (χ4n) is 5.84. The van der Waals surface area contributed by atoms with E-state index in [9.17, 15) is 10.1 Å². The van der Waals surface area contributed by atoms with Gasteiger partial charge in [0, 0.05) is 49.3 Å². The van der Waals surface area contributed by atoms with E-state index in [-0.39, 0.29) is 12.0 Å². The molecule has 4 rings (SSSR count). The highest BCUT2D eigenvalue weighted by atomic mass is 35.5. The van der Waals surface area contributed by atoms with Crippen molar-refractivity contribution in [2.45, 2.75) is 103 Å². The van der Waals surface area contributed by atoms with E-state index in [0.717, 1.165) is 67.7 Å². The summed E-state index contributed by atoms with van der Waals surface area (Å²) >= 11 is 6.60. The molecule has 0 radical (unpaired) electrons. The molecule has 2 aliphatic rings. The summed E-state index contributed by atoms with van der Waals surface area (Å²) in [6.07, 6.45) is 7.87. The van der Waals surface area contributed by atoms with Crippen LogP contribution in [0.25, 0.3) is 11.3 Å². The molecule has 0 bridgehead atoms. The van der Waals surface area contributed by atoms with E-state index in [0.29, 0.717) is 43.3 Å². The zero-order valence-corrected chi connectivity index (χ0v) is 27.6. The number of esters is 1. The summed E-state index contributed by atoms with van der Waals surface area (Å²) in [6, 6.07) is 11.0. The first-order valence-electron chi connectivity index (χ1n) is 15.9. The zero-order chi connectivity index (χ0) is 31.7. The average Bonchev–Trinajstić information content (AvgIpc) is 3.00. The predicted octanol–water partition coefficient (Wildman–Crippen LogP) is 6.36. The highest BCUT2D eigenvalue weighted by molar-refractivity contribution is 6.33. The van der Waals surface area contributed by atoms with Gasteiger partial charge in [-0.1, -0.05) is 17.7 Å². The topological polar surface area (TPSA) is 118 Å². The van der Waals surface area contributed by atoms with Crippen molar-refractivity contribution in [3.8, 4) is 17.3 Å². The van der Waals surface area contributed by atoms with Crippen LogP contribution in [0.2, 0.25) is 5.02 Å². The quantitative estimate of drug-likeness (QED) is 0.260. The van der Waals surface area contributed by atoms with Gasteiger partial charge in [-0.25, -0.2) is 9.78 Å². The smallest absolute Gasteiger partial charge is 0.335 e. The Morgan fingerprint density at radius 1 is 1.20 bits per heavy atom. The van der Waals surface area contributed by atoms with Gasteiger partial charge in [0.15, 0.2) is 6.10 Å². The van der Waals surface area contributed by atoms with Gasteiger partial charge in [-0.15, -0.1) is 0 Å². The van der Waals surface area contributed by atoms with E-state index in [2.05, 4.69) is 34.7 Å². The van der Waals surface area contributed by atoms with E-state index >= 15 is 0 Å². The molecule has 1 aliphatic carbocycles. The molecule has 0 amide bonds. The van der Waals surface area contributed by atoms with Crippen LogP contribution in [0.1, 0.15) is 78.8 Å². The Kier molecular flexibility index (Phi) is 12.0. The molecule has 1 aliphatic heterocycles. The van der Waals surface area contributed by atoms with Crippen molar-refractivity contribution >= 4 is 23.4 Å². The van der Waals surface area contributed by atoms with Gasteiger partial charge >= 0.3 is 5.97 Å². The molecule has 2 aromatic rings.